The number of carbonyl (C=O) groups is 1. The van der Waals surface area contributed by atoms with E-state index in [-0.39, 0.29) is 12.5 Å². The number of anilines is 1. The summed E-state index contributed by atoms with van der Waals surface area (Å²) in [5, 5.41) is 15.0. The first-order valence-corrected chi connectivity index (χ1v) is 6.55. The Morgan fingerprint density at radius 1 is 1.37 bits per heavy atom. The van der Waals surface area contributed by atoms with Crippen LogP contribution in [0.25, 0.3) is 0 Å². The smallest absolute Gasteiger partial charge is 0.319 e. The van der Waals surface area contributed by atoms with Crippen LogP contribution in [0.2, 0.25) is 0 Å². The van der Waals surface area contributed by atoms with Gasteiger partial charge in [-0.1, -0.05) is 32.8 Å². The van der Waals surface area contributed by atoms with E-state index in [1.54, 1.807) is 6.07 Å². The van der Waals surface area contributed by atoms with E-state index in [1.807, 2.05) is 13.8 Å². The zero-order chi connectivity index (χ0) is 14.3. The van der Waals surface area contributed by atoms with Crippen molar-refractivity contribution < 1.29 is 14.3 Å². The molecule has 0 fully saturated rings. The second-order valence-corrected chi connectivity index (χ2v) is 4.49. The molecule has 19 heavy (non-hydrogen) atoms. The van der Waals surface area contributed by atoms with Crippen molar-refractivity contribution in [1.82, 2.24) is 5.32 Å². The van der Waals surface area contributed by atoms with E-state index in [4.69, 9.17) is 0 Å². The van der Waals surface area contributed by atoms with Crippen molar-refractivity contribution >= 4 is 11.7 Å². The molecule has 0 aromatic heterocycles. The SMILES string of the molecule is CCC(CC)C(O)CNC(=O)Nc1cccc(F)c1. The van der Waals surface area contributed by atoms with Gasteiger partial charge >= 0.3 is 6.03 Å². The molecule has 0 bridgehead atoms. The highest BCUT2D eigenvalue weighted by molar-refractivity contribution is 5.89. The summed E-state index contributed by atoms with van der Waals surface area (Å²) >= 11 is 0. The van der Waals surface area contributed by atoms with Gasteiger partial charge in [0, 0.05) is 12.2 Å². The Kier molecular flexibility index (Phi) is 6.29. The second-order valence-electron chi connectivity index (χ2n) is 4.49. The van der Waals surface area contributed by atoms with E-state index in [0.29, 0.717) is 5.69 Å². The van der Waals surface area contributed by atoms with Crippen molar-refractivity contribution in [2.75, 3.05) is 11.9 Å². The van der Waals surface area contributed by atoms with Crippen molar-refractivity contribution in [2.24, 2.45) is 5.92 Å². The molecule has 1 aromatic rings. The lowest BCUT2D eigenvalue weighted by atomic mass is 9.97. The minimum absolute atomic E-state index is 0.175. The van der Waals surface area contributed by atoms with Crippen LogP contribution in [0.5, 0.6) is 0 Å². The highest BCUT2D eigenvalue weighted by Crippen LogP contribution is 2.12. The lowest BCUT2D eigenvalue weighted by Crippen LogP contribution is -2.38. The van der Waals surface area contributed by atoms with Crippen LogP contribution in [0.3, 0.4) is 0 Å². The highest BCUT2D eigenvalue weighted by atomic mass is 19.1. The Bertz CT molecular complexity index is 408. The monoisotopic (exact) mass is 268 g/mol. The number of amides is 2. The third-order valence-corrected chi connectivity index (χ3v) is 3.15. The van der Waals surface area contributed by atoms with Gasteiger partial charge in [-0.2, -0.15) is 0 Å². The van der Waals surface area contributed by atoms with Crippen molar-refractivity contribution in [3.05, 3.63) is 30.1 Å². The van der Waals surface area contributed by atoms with Gasteiger partial charge < -0.3 is 15.7 Å². The summed E-state index contributed by atoms with van der Waals surface area (Å²) in [6, 6.07) is 5.21. The maximum absolute atomic E-state index is 12.9. The van der Waals surface area contributed by atoms with Gasteiger partial charge in [-0.3, -0.25) is 0 Å². The van der Waals surface area contributed by atoms with Crippen LogP contribution >= 0.6 is 0 Å². The number of nitrogens with one attached hydrogen (secondary N) is 2. The summed E-state index contributed by atoms with van der Waals surface area (Å²) in [5.41, 5.74) is 0.384. The van der Waals surface area contributed by atoms with E-state index < -0.39 is 18.0 Å². The number of aliphatic hydroxyl groups is 1. The van der Waals surface area contributed by atoms with Gasteiger partial charge in [-0.25, -0.2) is 9.18 Å². The summed E-state index contributed by atoms with van der Waals surface area (Å²) in [5.74, 6) is -0.232. The largest absolute Gasteiger partial charge is 0.391 e. The lowest BCUT2D eigenvalue weighted by Gasteiger charge is -2.20. The zero-order valence-electron chi connectivity index (χ0n) is 11.3. The Balaban J connectivity index is 2.39. The number of carbonyl (C=O) groups excluding carboxylic acids is 1. The van der Waals surface area contributed by atoms with Gasteiger partial charge in [0.25, 0.3) is 0 Å². The molecule has 1 atom stereocenters. The lowest BCUT2D eigenvalue weighted by molar-refractivity contribution is 0.104. The highest BCUT2D eigenvalue weighted by Gasteiger charge is 2.16. The van der Waals surface area contributed by atoms with Gasteiger partial charge in [0.2, 0.25) is 0 Å². The molecule has 1 unspecified atom stereocenters. The molecule has 0 aliphatic carbocycles. The van der Waals surface area contributed by atoms with Crippen molar-refractivity contribution in [3.63, 3.8) is 0 Å². The number of aliphatic hydroxyl groups excluding tert-OH is 1. The maximum Gasteiger partial charge on any atom is 0.319 e. The number of rotatable bonds is 6. The predicted octanol–water partition coefficient (Wildman–Crippen LogP) is 2.74. The molecule has 106 valence electrons. The molecular formula is C14H21FN2O2. The molecule has 5 heteroatoms. The van der Waals surface area contributed by atoms with E-state index >= 15 is 0 Å². The van der Waals surface area contributed by atoms with Crippen LogP contribution < -0.4 is 10.6 Å². The molecule has 4 nitrogen and oxygen atoms in total. The summed E-state index contributed by atoms with van der Waals surface area (Å²) in [6.07, 6.45) is 1.17. The third kappa shape index (κ3) is 5.26. The molecule has 1 rings (SSSR count). The summed E-state index contributed by atoms with van der Waals surface area (Å²) in [7, 11) is 0. The molecule has 0 aliphatic rings. The molecule has 2 amide bonds. The number of hydrogen-bond acceptors (Lipinski definition) is 2. The van der Waals surface area contributed by atoms with Crippen LogP contribution in [0.4, 0.5) is 14.9 Å². The number of urea groups is 1. The first kappa shape index (κ1) is 15.4. The Morgan fingerprint density at radius 3 is 2.63 bits per heavy atom. The molecule has 1 aromatic carbocycles. The van der Waals surface area contributed by atoms with Crippen LogP contribution in [0, 0.1) is 11.7 Å². The molecule has 3 N–H and O–H groups in total. The fourth-order valence-electron chi connectivity index (χ4n) is 1.94. The molecule has 0 heterocycles. The minimum Gasteiger partial charge on any atom is -0.391 e. The summed E-state index contributed by atoms with van der Waals surface area (Å²) in [6.45, 7) is 4.20. The Morgan fingerprint density at radius 2 is 2.05 bits per heavy atom. The maximum atomic E-state index is 12.9. The molecule has 0 saturated carbocycles. The topological polar surface area (TPSA) is 61.4 Å². The van der Waals surface area contributed by atoms with Gasteiger partial charge in [0.15, 0.2) is 0 Å². The quantitative estimate of drug-likeness (QED) is 0.743. The van der Waals surface area contributed by atoms with Crippen molar-refractivity contribution in [1.29, 1.82) is 0 Å². The number of halogens is 1. The third-order valence-electron chi connectivity index (χ3n) is 3.15. The fraction of sp³-hybridized carbons (Fsp3) is 0.500. The van der Waals surface area contributed by atoms with Crippen molar-refractivity contribution in [3.8, 4) is 0 Å². The standard InChI is InChI=1S/C14H21FN2O2/c1-3-10(4-2)13(18)9-16-14(19)17-12-7-5-6-11(15)8-12/h5-8,10,13,18H,3-4,9H2,1-2H3,(H2,16,17,19). The number of benzene rings is 1. The average Bonchev–Trinajstić information content (AvgIpc) is 2.38. The van der Waals surface area contributed by atoms with Crippen LogP contribution in [-0.4, -0.2) is 23.8 Å². The molecule has 0 spiro atoms. The van der Waals surface area contributed by atoms with E-state index in [1.165, 1.54) is 18.2 Å². The fourth-order valence-corrected chi connectivity index (χ4v) is 1.94. The molecule has 0 saturated heterocycles. The van der Waals surface area contributed by atoms with Gasteiger partial charge in [0.1, 0.15) is 5.82 Å². The van der Waals surface area contributed by atoms with E-state index in [9.17, 15) is 14.3 Å². The van der Waals surface area contributed by atoms with Gasteiger partial charge in [-0.15, -0.1) is 0 Å². The van der Waals surface area contributed by atoms with Crippen molar-refractivity contribution in [2.45, 2.75) is 32.8 Å². The van der Waals surface area contributed by atoms with Gasteiger partial charge in [0.05, 0.1) is 6.10 Å². The first-order chi connectivity index (χ1) is 9.06. The minimum atomic E-state index is -0.562. The van der Waals surface area contributed by atoms with Crippen LogP contribution in [0.1, 0.15) is 26.7 Å². The Labute approximate surface area is 113 Å². The summed E-state index contributed by atoms with van der Waals surface area (Å²) < 4.78 is 12.9. The predicted molar refractivity (Wildman–Crippen MR) is 73.5 cm³/mol. The number of hydrogen-bond donors (Lipinski definition) is 3. The second kappa shape index (κ2) is 7.74. The van der Waals surface area contributed by atoms with Crippen LogP contribution in [0.15, 0.2) is 24.3 Å². The van der Waals surface area contributed by atoms with E-state index in [0.717, 1.165) is 12.8 Å². The Hall–Kier alpha value is -1.62. The molecule has 0 aliphatic heterocycles. The zero-order valence-corrected chi connectivity index (χ0v) is 11.3. The molecular weight excluding hydrogens is 247 g/mol. The first-order valence-electron chi connectivity index (χ1n) is 6.55. The van der Waals surface area contributed by atoms with Crippen LogP contribution in [-0.2, 0) is 0 Å². The summed E-state index contributed by atoms with van der Waals surface area (Å²) in [4.78, 5) is 11.6. The average molecular weight is 268 g/mol. The molecule has 0 radical (unpaired) electrons. The van der Waals surface area contributed by atoms with Gasteiger partial charge in [-0.05, 0) is 24.1 Å². The normalized spacial score (nSPS) is 12.3. The van der Waals surface area contributed by atoms with E-state index in [2.05, 4.69) is 10.6 Å².